The largest absolute Gasteiger partial charge is 0.472 e. The number of aliphatic hydroxyl groups is 1. The Morgan fingerprint density at radius 3 is 0.987 bits per heavy atom. The zero-order valence-electron chi connectivity index (χ0n) is 49.4. The summed E-state index contributed by atoms with van der Waals surface area (Å²) in [5, 5.41) is 10.5. The first-order chi connectivity index (χ1) is 36.8. The van der Waals surface area contributed by atoms with Crippen molar-refractivity contribution < 1.29 is 80.2 Å². The summed E-state index contributed by atoms with van der Waals surface area (Å²) in [4.78, 5) is 71.7. The van der Waals surface area contributed by atoms with Crippen molar-refractivity contribution in [3.8, 4) is 0 Å². The molecule has 0 bridgehead atoms. The molecule has 0 heterocycles. The molecule has 0 aromatic heterocycles. The lowest BCUT2D eigenvalue weighted by atomic mass is 10.00. The standard InChI is InChI=1S/C58H112O17P2/c1-8-11-12-22-32-39-55(60)68-45-53(75-58(63)42-35-28-21-19-25-31-38-51(7)10-3)47-72-76(64,65)70-43-52(59)44-71-77(66,67)73-48-54(46-69-56(61)40-33-26-20-18-24-30-37-50(6)9-2)74-57(62)41-34-27-17-15-13-14-16-23-29-36-49(4)5/h49-54,59H,8-48H2,1-7H3,(H,64,65)(H,66,67)/t50?,51?,52-,53+,54+/m0/s1. The molecule has 0 aromatic rings. The van der Waals surface area contributed by atoms with E-state index in [0.717, 1.165) is 120 Å². The Labute approximate surface area is 467 Å². The van der Waals surface area contributed by atoms with E-state index in [1.807, 2.05) is 0 Å². The molecule has 7 atom stereocenters. The van der Waals surface area contributed by atoms with Gasteiger partial charge in [-0.25, -0.2) is 9.13 Å². The van der Waals surface area contributed by atoms with Crippen LogP contribution in [0.15, 0.2) is 0 Å². The van der Waals surface area contributed by atoms with Crippen molar-refractivity contribution in [2.24, 2.45) is 17.8 Å². The van der Waals surface area contributed by atoms with Crippen LogP contribution in [0.5, 0.6) is 0 Å². The van der Waals surface area contributed by atoms with E-state index in [1.54, 1.807) is 0 Å². The van der Waals surface area contributed by atoms with Gasteiger partial charge >= 0.3 is 39.5 Å². The van der Waals surface area contributed by atoms with Crippen molar-refractivity contribution >= 4 is 39.5 Å². The van der Waals surface area contributed by atoms with E-state index in [9.17, 15) is 43.2 Å². The highest BCUT2D eigenvalue weighted by molar-refractivity contribution is 7.47. The number of esters is 4. The molecule has 0 fully saturated rings. The van der Waals surface area contributed by atoms with Gasteiger partial charge in [-0.2, -0.15) is 0 Å². The number of rotatable bonds is 56. The maximum absolute atomic E-state index is 12.9. The minimum absolute atomic E-state index is 0.101. The molecule has 0 aliphatic heterocycles. The van der Waals surface area contributed by atoms with Crippen LogP contribution in [0.3, 0.4) is 0 Å². The van der Waals surface area contributed by atoms with E-state index < -0.39 is 97.5 Å². The lowest BCUT2D eigenvalue weighted by Crippen LogP contribution is -2.30. The first kappa shape index (κ1) is 75.1. The number of carbonyl (C=O) groups excluding carboxylic acids is 4. The van der Waals surface area contributed by atoms with E-state index in [-0.39, 0.29) is 25.7 Å². The molecule has 0 aliphatic rings. The summed E-state index contributed by atoms with van der Waals surface area (Å²) < 4.78 is 67.5. The number of unbranched alkanes of at least 4 members (excludes halogenated alkanes) is 22. The number of ether oxygens (including phenoxy) is 4. The average Bonchev–Trinajstić information content (AvgIpc) is 3.39. The molecule has 0 amide bonds. The summed E-state index contributed by atoms with van der Waals surface area (Å²) in [5.41, 5.74) is 0. The molecule has 0 radical (unpaired) electrons. The van der Waals surface area contributed by atoms with Gasteiger partial charge in [0.2, 0.25) is 0 Å². The third-order valence-corrected chi connectivity index (χ3v) is 15.8. The SMILES string of the molecule is CCCCCCCC(=O)OC[C@H](COP(=O)(O)OC[C@H](O)COP(=O)(O)OC[C@@H](COC(=O)CCCCCCCCC(C)CC)OC(=O)CCCCCCCCCCCC(C)C)OC(=O)CCCCCCCCC(C)CC. The van der Waals surface area contributed by atoms with E-state index in [1.165, 1.54) is 70.6 Å². The monoisotopic (exact) mass is 1140 g/mol. The second-order valence-electron chi connectivity index (χ2n) is 22.0. The highest BCUT2D eigenvalue weighted by atomic mass is 31.2. The molecule has 77 heavy (non-hydrogen) atoms. The van der Waals surface area contributed by atoms with Crippen LogP contribution in [-0.2, 0) is 65.4 Å². The maximum Gasteiger partial charge on any atom is 0.472 e. The molecule has 456 valence electrons. The lowest BCUT2D eigenvalue weighted by molar-refractivity contribution is -0.161. The van der Waals surface area contributed by atoms with Gasteiger partial charge in [-0.3, -0.25) is 37.3 Å². The number of hydrogen-bond acceptors (Lipinski definition) is 15. The van der Waals surface area contributed by atoms with Crippen LogP contribution in [0.4, 0.5) is 0 Å². The van der Waals surface area contributed by atoms with Gasteiger partial charge in [-0.05, 0) is 43.4 Å². The number of aliphatic hydroxyl groups excluding tert-OH is 1. The zero-order valence-corrected chi connectivity index (χ0v) is 51.2. The van der Waals surface area contributed by atoms with E-state index in [2.05, 4.69) is 48.5 Å². The fourth-order valence-electron chi connectivity index (χ4n) is 8.35. The van der Waals surface area contributed by atoms with Gasteiger partial charge in [0.1, 0.15) is 19.3 Å². The van der Waals surface area contributed by atoms with Crippen molar-refractivity contribution in [1.29, 1.82) is 0 Å². The summed E-state index contributed by atoms with van der Waals surface area (Å²) in [6, 6.07) is 0. The van der Waals surface area contributed by atoms with Gasteiger partial charge in [0.15, 0.2) is 12.2 Å². The van der Waals surface area contributed by atoms with Crippen molar-refractivity contribution in [2.45, 2.75) is 292 Å². The van der Waals surface area contributed by atoms with Crippen LogP contribution in [0.1, 0.15) is 273 Å². The normalized spacial score (nSPS) is 15.3. The number of hydrogen-bond donors (Lipinski definition) is 3. The van der Waals surface area contributed by atoms with Crippen molar-refractivity contribution in [1.82, 2.24) is 0 Å². The molecule has 0 aromatic carbocycles. The summed E-state index contributed by atoms with van der Waals surface area (Å²) in [6.07, 6.45) is 28.4. The molecule has 0 rings (SSSR count). The Kier molecular flexibility index (Phi) is 48.6. The first-order valence-corrected chi connectivity index (χ1v) is 33.4. The minimum Gasteiger partial charge on any atom is -0.462 e. The lowest BCUT2D eigenvalue weighted by Gasteiger charge is -2.21. The molecule has 0 spiro atoms. The average molecular weight is 1140 g/mol. The van der Waals surface area contributed by atoms with E-state index >= 15 is 0 Å². The van der Waals surface area contributed by atoms with E-state index in [4.69, 9.17) is 37.0 Å². The van der Waals surface area contributed by atoms with Crippen LogP contribution < -0.4 is 0 Å². The summed E-state index contributed by atoms with van der Waals surface area (Å²) in [6.45, 7) is 11.5. The fourth-order valence-corrected chi connectivity index (χ4v) is 9.93. The van der Waals surface area contributed by atoms with Crippen LogP contribution in [0, 0.1) is 17.8 Å². The van der Waals surface area contributed by atoms with Crippen LogP contribution in [0.2, 0.25) is 0 Å². The summed E-state index contributed by atoms with van der Waals surface area (Å²) in [7, 11) is -9.87. The van der Waals surface area contributed by atoms with Crippen LogP contribution in [-0.4, -0.2) is 96.7 Å². The van der Waals surface area contributed by atoms with Crippen molar-refractivity contribution in [3.05, 3.63) is 0 Å². The third-order valence-electron chi connectivity index (χ3n) is 13.9. The number of phosphoric ester groups is 2. The fraction of sp³-hybridized carbons (Fsp3) is 0.931. The van der Waals surface area contributed by atoms with Crippen LogP contribution >= 0.6 is 15.6 Å². The van der Waals surface area contributed by atoms with Gasteiger partial charge in [-0.15, -0.1) is 0 Å². The smallest absolute Gasteiger partial charge is 0.462 e. The van der Waals surface area contributed by atoms with Crippen molar-refractivity contribution in [2.75, 3.05) is 39.6 Å². The van der Waals surface area contributed by atoms with Gasteiger partial charge in [0, 0.05) is 25.7 Å². The molecule has 0 saturated heterocycles. The van der Waals surface area contributed by atoms with Gasteiger partial charge < -0.3 is 33.8 Å². The quantitative estimate of drug-likeness (QED) is 0.0222. The maximum atomic E-state index is 12.9. The predicted octanol–water partition coefficient (Wildman–Crippen LogP) is 15.2. The highest BCUT2D eigenvalue weighted by Gasteiger charge is 2.30. The van der Waals surface area contributed by atoms with Gasteiger partial charge in [0.25, 0.3) is 0 Å². The second-order valence-corrected chi connectivity index (χ2v) is 24.9. The molecular weight excluding hydrogens is 1030 g/mol. The van der Waals surface area contributed by atoms with Crippen LogP contribution in [0.25, 0.3) is 0 Å². The van der Waals surface area contributed by atoms with Gasteiger partial charge in [0.05, 0.1) is 26.4 Å². The molecule has 0 aliphatic carbocycles. The first-order valence-electron chi connectivity index (χ1n) is 30.4. The Balaban J connectivity index is 5.21. The molecular formula is C58H112O17P2. The highest BCUT2D eigenvalue weighted by Crippen LogP contribution is 2.45. The Morgan fingerprint density at radius 2 is 0.662 bits per heavy atom. The Bertz CT molecular complexity index is 1550. The van der Waals surface area contributed by atoms with Crippen molar-refractivity contribution in [3.63, 3.8) is 0 Å². The third kappa shape index (κ3) is 50.7. The summed E-state index contributed by atoms with van der Waals surface area (Å²) >= 11 is 0. The second kappa shape index (κ2) is 49.8. The molecule has 0 saturated carbocycles. The molecule has 3 N–H and O–H groups in total. The van der Waals surface area contributed by atoms with E-state index in [0.29, 0.717) is 25.7 Å². The molecule has 17 nitrogen and oxygen atoms in total. The Hall–Kier alpha value is -1.94. The topological polar surface area (TPSA) is 237 Å². The minimum atomic E-state index is -4.94. The predicted molar refractivity (Wildman–Crippen MR) is 303 cm³/mol. The number of carbonyl (C=O) groups is 4. The zero-order chi connectivity index (χ0) is 57.4. The molecule has 4 unspecified atom stereocenters. The Morgan fingerprint density at radius 1 is 0.377 bits per heavy atom. The van der Waals surface area contributed by atoms with Gasteiger partial charge in [-0.1, -0.05) is 222 Å². The number of phosphoric acid groups is 2. The summed E-state index contributed by atoms with van der Waals surface area (Å²) in [5.74, 6) is 0.0292. The molecule has 19 heteroatoms.